The van der Waals surface area contributed by atoms with Crippen molar-refractivity contribution in [3.63, 3.8) is 0 Å². The molecule has 0 aliphatic heterocycles. The van der Waals surface area contributed by atoms with Crippen LogP contribution in [0.5, 0.6) is 0 Å². The number of fused-ring (bicyclic) bond motifs is 3. The van der Waals surface area contributed by atoms with Crippen LogP contribution < -0.4 is 0 Å². The number of benzene rings is 2. The van der Waals surface area contributed by atoms with E-state index in [2.05, 4.69) is 6.92 Å². The standard InChI is InChI=1S/C18H16O3/c1-4-12-8-9-14(11(3)20)18-16(12)15-7-5-6-13(10(2)19)17(15)21-18/h5-9H,4H2,1-3H3. The number of para-hydroxylation sites is 1. The summed E-state index contributed by atoms with van der Waals surface area (Å²) in [6.45, 7) is 5.11. The van der Waals surface area contributed by atoms with E-state index in [1.807, 2.05) is 18.2 Å². The van der Waals surface area contributed by atoms with Gasteiger partial charge in [-0.1, -0.05) is 25.1 Å². The first-order valence-electron chi connectivity index (χ1n) is 7.03. The van der Waals surface area contributed by atoms with Crippen LogP contribution in [-0.4, -0.2) is 11.6 Å². The molecule has 0 spiro atoms. The van der Waals surface area contributed by atoms with Crippen molar-refractivity contribution in [3.8, 4) is 0 Å². The zero-order chi connectivity index (χ0) is 15.1. The van der Waals surface area contributed by atoms with Gasteiger partial charge in [-0.15, -0.1) is 0 Å². The molecule has 0 radical (unpaired) electrons. The maximum Gasteiger partial charge on any atom is 0.163 e. The van der Waals surface area contributed by atoms with Crippen LogP contribution >= 0.6 is 0 Å². The Hall–Kier alpha value is -2.42. The second kappa shape index (κ2) is 4.85. The van der Waals surface area contributed by atoms with Crippen LogP contribution in [0.25, 0.3) is 21.9 Å². The molecule has 0 saturated carbocycles. The summed E-state index contributed by atoms with van der Waals surface area (Å²) < 4.78 is 5.94. The van der Waals surface area contributed by atoms with Gasteiger partial charge in [-0.3, -0.25) is 9.59 Å². The van der Waals surface area contributed by atoms with Gasteiger partial charge in [0.25, 0.3) is 0 Å². The first-order valence-corrected chi connectivity index (χ1v) is 7.03. The third-order valence-electron chi connectivity index (χ3n) is 3.87. The fourth-order valence-corrected chi connectivity index (χ4v) is 2.82. The average molecular weight is 280 g/mol. The van der Waals surface area contributed by atoms with Crippen molar-refractivity contribution in [2.75, 3.05) is 0 Å². The first kappa shape index (κ1) is 13.6. The fourth-order valence-electron chi connectivity index (χ4n) is 2.82. The van der Waals surface area contributed by atoms with Gasteiger partial charge in [-0.2, -0.15) is 0 Å². The molecule has 2 aromatic carbocycles. The Labute approximate surface area is 122 Å². The number of ketones is 2. The van der Waals surface area contributed by atoms with Crippen LogP contribution in [0.15, 0.2) is 34.7 Å². The first-order chi connectivity index (χ1) is 10.0. The van der Waals surface area contributed by atoms with E-state index in [9.17, 15) is 9.59 Å². The highest BCUT2D eigenvalue weighted by Gasteiger charge is 2.19. The van der Waals surface area contributed by atoms with E-state index in [4.69, 9.17) is 4.42 Å². The zero-order valence-electron chi connectivity index (χ0n) is 12.3. The second-order valence-corrected chi connectivity index (χ2v) is 5.23. The summed E-state index contributed by atoms with van der Waals surface area (Å²) in [7, 11) is 0. The number of Topliss-reactive ketones (excluding diaryl/α,β-unsaturated/α-hetero) is 2. The Morgan fingerprint density at radius 2 is 1.62 bits per heavy atom. The Bertz CT molecular complexity index is 884. The molecule has 1 heterocycles. The van der Waals surface area contributed by atoms with Crippen molar-refractivity contribution < 1.29 is 14.0 Å². The number of furan rings is 1. The molecule has 0 aliphatic rings. The third kappa shape index (κ3) is 1.97. The van der Waals surface area contributed by atoms with Gasteiger partial charge >= 0.3 is 0 Å². The van der Waals surface area contributed by atoms with Gasteiger partial charge in [-0.05, 0) is 38.0 Å². The molecular formula is C18H16O3. The molecule has 0 aliphatic carbocycles. The minimum Gasteiger partial charge on any atom is -0.455 e. The predicted octanol–water partition coefficient (Wildman–Crippen LogP) is 4.55. The highest BCUT2D eigenvalue weighted by molar-refractivity contribution is 6.18. The van der Waals surface area contributed by atoms with Crippen LogP contribution in [0.2, 0.25) is 0 Å². The van der Waals surface area contributed by atoms with Crippen molar-refractivity contribution >= 4 is 33.5 Å². The van der Waals surface area contributed by atoms with Crippen molar-refractivity contribution in [2.24, 2.45) is 0 Å². The van der Waals surface area contributed by atoms with Gasteiger partial charge in [0.2, 0.25) is 0 Å². The van der Waals surface area contributed by atoms with Gasteiger partial charge in [0.05, 0.1) is 11.1 Å². The molecule has 3 aromatic rings. The molecule has 106 valence electrons. The number of aryl methyl sites for hydroxylation is 1. The number of rotatable bonds is 3. The van der Waals surface area contributed by atoms with E-state index >= 15 is 0 Å². The summed E-state index contributed by atoms with van der Waals surface area (Å²) in [5.74, 6) is -0.0758. The van der Waals surface area contributed by atoms with E-state index in [-0.39, 0.29) is 11.6 Å². The molecule has 3 nitrogen and oxygen atoms in total. The predicted molar refractivity (Wildman–Crippen MR) is 83.1 cm³/mol. The number of hydrogen-bond acceptors (Lipinski definition) is 3. The SMILES string of the molecule is CCc1ccc(C(C)=O)c2oc3c(C(C)=O)cccc3c12. The van der Waals surface area contributed by atoms with Crippen molar-refractivity contribution in [3.05, 3.63) is 47.0 Å². The molecule has 3 rings (SSSR count). The summed E-state index contributed by atoms with van der Waals surface area (Å²) in [5.41, 5.74) is 3.40. The summed E-state index contributed by atoms with van der Waals surface area (Å²) in [6.07, 6.45) is 0.841. The summed E-state index contributed by atoms with van der Waals surface area (Å²) in [5, 5.41) is 1.85. The second-order valence-electron chi connectivity index (χ2n) is 5.23. The van der Waals surface area contributed by atoms with E-state index in [0.717, 1.165) is 22.8 Å². The molecule has 0 unspecified atom stereocenters. The molecular weight excluding hydrogens is 264 g/mol. The van der Waals surface area contributed by atoms with Crippen LogP contribution in [0, 0.1) is 0 Å². The lowest BCUT2D eigenvalue weighted by atomic mass is 9.99. The summed E-state index contributed by atoms with van der Waals surface area (Å²) >= 11 is 0. The minimum absolute atomic E-state index is 0.0360. The quantitative estimate of drug-likeness (QED) is 0.661. The van der Waals surface area contributed by atoms with Crippen molar-refractivity contribution in [2.45, 2.75) is 27.2 Å². The van der Waals surface area contributed by atoms with E-state index in [0.29, 0.717) is 22.3 Å². The highest BCUT2D eigenvalue weighted by atomic mass is 16.3. The molecule has 0 fully saturated rings. The average Bonchev–Trinajstić information content (AvgIpc) is 2.84. The lowest BCUT2D eigenvalue weighted by Gasteiger charge is -2.02. The van der Waals surface area contributed by atoms with E-state index in [1.54, 1.807) is 12.1 Å². The van der Waals surface area contributed by atoms with E-state index in [1.165, 1.54) is 13.8 Å². The maximum atomic E-state index is 11.8. The monoisotopic (exact) mass is 280 g/mol. The van der Waals surface area contributed by atoms with Gasteiger partial charge in [0.15, 0.2) is 11.6 Å². The van der Waals surface area contributed by atoms with Gasteiger partial charge in [0.1, 0.15) is 11.2 Å². The highest BCUT2D eigenvalue weighted by Crippen LogP contribution is 2.35. The summed E-state index contributed by atoms with van der Waals surface area (Å²) in [4.78, 5) is 23.6. The van der Waals surface area contributed by atoms with Crippen molar-refractivity contribution in [1.29, 1.82) is 0 Å². The smallest absolute Gasteiger partial charge is 0.163 e. The Balaban J connectivity index is 2.55. The Kier molecular flexibility index (Phi) is 3.13. The Morgan fingerprint density at radius 1 is 0.952 bits per heavy atom. The number of hydrogen-bond donors (Lipinski definition) is 0. The van der Waals surface area contributed by atoms with Gasteiger partial charge in [-0.25, -0.2) is 0 Å². The summed E-state index contributed by atoms with van der Waals surface area (Å²) in [6, 6.07) is 9.32. The van der Waals surface area contributed by atoms with E-state index < -0.39 is 0 Å². The largest absolute Gasteiger partial charge is 0.455 e. The minimum atomic E-state index is -0.0397. The van der Waals surface area contributed by atoms with Gasteiger partial charge in [0, 0.05) is 10.8 Å². The molecule has 0 atom stereocenters. The molecule has 0 N–H and O–H groups in total. The van der Waals surface area contributed by atoms with Gasteiger partial charge < -0.3 is 4.42 Å². The lowest BCUT2D eigenvalue weighted by Crippen LogP contribution is -1.94. The molecule has 0 amide bonds. The molecule has 1 aromatic heterocycles. The molecule has 3 heteroatoms. The normalized spacial score (nSPS) is 11.2. The fraction of sp³-hybridized carbons (Fsp3) is 0.222. The molecule has 0 bridgehead atoms. The molecule has 21 heavy (non-hydrogen) atoms. The van der Waals surface area contributed by atoms with Crippen LogP contribution in [0.3, 0.4) is 0 Å². The molecule has 0 saturated heterocycles. The number of carbonyl (C=O) groups excluding carboxylic acids is 2. The number of carbonyl (C=O) groups is 2. The van der Waals surface area contributed by atoms with Crippen molar-refractivity contribution in [1.82, 2.24) is 0 Å². The van der Waals surface area contributed by atoms with Crippen LogP contribution in [-0.2, 0) is 6.42 Å². The maximum absolute atomic E-state index is 11.8. The lowest BCUT2D eigenvalue weighted by molar-refractivity contribution is 0.101. The zero-order valence-corrected chi connectivity index (χ0v) is 12.3. The Morgan fingerprint density at radius 3 is 2.24 bits per heavy atom. The van der Waals surface area contributed by atoms with Crippen LogP contribution in [0.4, 0.5) is 0 Å². The topological polar surface area (TPSA) is 47.3 Å². The van der Waals surface area contributed by atoms with Crippen LogP contribution in [0.1, 0.15) is 47.1 Å². The third-order valence-corrected chi connectivity index (χ3v) is 3.87.